The normalized spacial score (nSPS) is 13.8. The quantitative estimate of drug-likeness (QED) is 0.614. The van der Waals surface area contributed by atoms with Crippen LogP contribution in [-0.4, -0.2) is 22.9 Å². The van der Waals surface area contributed by atoms with Crippen molar-refractivity contribution in [3.05, 3.63) is 57.9 Å². The van der Waals surface area contributed by atoms with Gasteiger partial charge in [-0.25, -0.2) is 4.79 Å². The highest BCUT2D eigenvalue weighted by atomic mass is 16.5. The van der Waals surface area contributed by atoms with Crippen LogP contribution >= 0.6 is 0 Å². The van der Waals surface area contributed by atoms with Crippen LogP contribution in [0.25, 0.3) is 0 Å². The van der Waals surface area contributed by atoms with Gasteiger partial charge in [-0.05, 0) is 69.9 Å². The van der Waals surface area contributed by atoms with E-state index in [1.54, 1.807) is 12.1 Å². The number of benzene rings is 1. The van der Waals surface area contributed by atoms with Crippen molar-refractivity contribution in [3.63, 3.8) is 0 Å². The number of hydrogen-bond donors (Lipinski definition) is 0. The van der Waals surface area contributed by atoms with Crippen molar-refractivity contribution >= 4 is 11.8 Å². The van der Waals surface area contributed by atoms with Gasteiger partial charge in [0.15, 0.2) is 6.61 Å². The largest absolute Gasteiger partial charge is 0.454 e. The summed E-state index contributed by atoms with van der Waals surface area (Å²) in [6.45, 7) is 7.70. The first-order valence-corrected chi connectivity index (χ1v) is 8.34. The van der Waals surface area contributed by atoms with Gasteiger partial charge < -0.3 is 9.30 Å². The van der Waals surface area contributed by atoms with Gasteiger partial charge in [-0.1, -0.05) is 6.07 Å². The van der Waals surface area contributed by atoms with Crippen LogP contribution < -0.4 is 0 Å². The maximum atomic E-state index is 12.4. The molecule has 1 aromatic heterocycles. The number of esters is 1. The Kier molecular flexibility index (Phi) is 4.31. The lowest BCUT2D eigenvalue weighted by Crippen LogP contribution is -2.15. The molecule has 24 heavy (non-hydrogen) atoms. The lowest BCUT2D eigenvalue weighted by atomic mass is 10.1. The van der Waals surface area contributed by atoms with Crippen molar-refractivity contribution in [2.24, 2.45) is 0 Å². The third kappa shape index (κ3) is 3.14. The summed E-state index contributed by atoms with van der Waals surface area (Å²) in [5, 5.41) is 0. The Morgan fingerprint density at radius 2 is 1.79 bits per heavy atom. The fourth-order valence-corrected chi connectivity index (χ4v) is 3.11. The van der Waals surface area contributed by atoms with Crippen molar-refractivity contribution in [1.82, 2.24) is 4.57 Å². The molecule has 0 radical (unpaired) electrons. The van der Waals surface area contributed by atoms with Gasteiger partial charge in [-0.2, -0.15) is 0 Å². The number of Topliss-reactive ketones (excluding diaryl/α,β-unsaturated/α-hetero) is 1. The van der Waals surface area contributed by atoms with Crippen LogP contribution in [0.1, 0.15) is 62.1 Å². The molecule has 0 bridgehead atoms. The Morgan fingerprint density at radius 3 is 2.42 bits per heavy atom. The van der Waals surface area contributed by atoms with Gasteiger partial charge in [0.2, 0.25) is 5.78 Å². The smallest absolute Gasteiger partial charge is 0.338 e. The molecule has 1 aliphatic rings. The molecule has 0 spiro atoms. The van der Waals surface area contributed by atoms with Crippen LogP contribution in [0.5, 0.6) is 0 Å². The molecular weight excluding hydrogens is 302 g/mol. The molecule has 1 heterocycles. The molecular formula is C20H23NO3. The van der Waals surface area contributed by atoms with Gasteiger partial charge in [-0.3, -0.25) is 4.79 Å². The standard InChI is InChI=1S/C20H23NO3/c1-12-5-6-16(9-13(12)2)20(23)24-11-19(22)18-10-14(3)21(15(18)4)17-7-8-17/h5-6,9-10,17H,7-8,11H2,1-4H3. The third-order valence-electron chi connectivity index (χ3n) is 4.77. The Hall–Kier alpha value is -2.36. The van der Waals surface area contributed by atoms with Gasteiger partial charge in [0.05, 0.1) is 5.56 Å². The summed E-state index contributed by atoms with van der Waals surface area (Å²) in [5.41, 5.74) is 5.36. The molecule has 1 aliphatic carbocycles. The lowest BCUT2D eigenvalue weighted by Gasteiger charge is -2.08. The first-order valence-electron chi connectivity index (χ1n) is 8.34. The molecule has 3 rings (SSSR count). The second-order valence-electron chi connectivity index (χ2n) is 6.68. The van der Waals surface area contributed by atoms with E-state index in [1.165, 1.54) is 12.8 Å². The number of ketones is 1. The molecule has 1 aromatic carbocycles. The molecule has 0 aliphatic heterocycles. The monoisotopic (exact) mass is 325 g/mol. The zero-order valence-corrected chi connectivity index (χ0v) is 14.7. The number of ether oxygens (including phenoxy) is 1. The zero-order valence-electron chi connectivity index (χ0n) is 14.7. The topological polar surface area (TPSA) is 48.3 Å². The molecule has 1 saturated carbocycles. The summed E-state index contributed by atoms with van der Waals surface area (Å²) in [4.78, 5) is 24.6. The average molecular weight is 325 g/mol. The predicted octanol–water partition coefficient (Wildman–Crippen LogP) is 4.10. The van der Waals surface area contributed by atoms with E-state index in [1.807, 2.05) is 39.8 Å². The highest BCUT2D eigenvalue weighted by molar-refractivity contribution is 6.00. The molecule has 0 N–H and O–H groups in total. The summed E-state index contributed by atoms with van der Waals surface area (Å²) < 4.78 is 7.44. The second-order valence-corrected chi connectivity index (χ2v) is 6.68. The zero-order chi connectivity index (χ0) is 17.4. The van der Waals surface area contributed by atoms with Gasteiger partial charge in [0, 0.05) is 23.0 Å². The van der Waals surface area contributed by atoms with Crippen LogP contribution in [0.15, 0.2) is 24.3 Å². The number of aryl methyl sites for hydroxylation is 3. The van der Waals surface area contributed by atoms with Crippen molar-refractivity contribution < 1.29 is 14.3 Å². The van der Waals surface area contributed by atoms with Crippen LogP contribution in [0, 0.1) is 27.7 Å². The Bertz CT molecular complexity index is 813. The highest BCUT2D eigenvalue weighted by Gasteiger charge is 2.28. The summed E-state index contributed by atoms with van der Waals surface area (Å²) in [5.74, 6) is -0.602. The van der Waals surface area contributed by atoms with Gasteiger partial charge in [0.1, 0.15) is 0 Å². The van der Waals surface area contributed by atoms with E-state index in [9.17, 15) is 9.59 Å². The van der Waals surface area contributed by atoms with Crippen molar-refractivity contribution in [3.8, 4) is 0 Å². The maximum Gasteiger partial charge on any atom is 0.338 e. The van der Waals surface area contributed by atoms with E-state index in [-0.39, 0.29) is 12.4 Å². The van der Waals surface area contributed by atoms with E-state index in [2.05, 4.69) is 4.57 Å². The minimum absolute atomic E-state index is 0.146. The first kappa shape index (κ1) is 16.5. The number of hydrogen-bond acceptors (Lipinski definition) is 3. The molecule has 0 atom stereocenters. The molecule has 0 amide bonds. The summed E-state index contributed by atoms with van der Waals surface area (Å²) in [7, 11) is 0. The molecule has 126 valence electrons. The fourth-order valence-electron chi connectivity index (χ4n) is 3.11. The van der Waals surface area contributed by atoms with Crippen LogP contribution in [0.3, 0.4) is 0 Å². The average Bonchev–Trinajstić information content (AvgIpc) is 3.32. The minimum atomic E-state index is -0.456. The molecule has 4 nitrogen and oxygen atoms in total. The van der Waals surface area contributed by atoms with Crippen LogP contribution in [0.4, 0.5) is 0 Å². The Labute approximate surface area is 142 Å². The van der Waals surface area contributed by atoms with E-state index < -0.39 is 5.97 Å². The molecule has 4 heteroatoms. The molecule has 0 saturated heterocycles. The molecule has 0 unspecified atom stereocenters. The van der Waals surface area contributed by atoms with Crippen molar-refractivity contribution in [2.45, 2.75) is 46.6 Å². The lowest BCUT2D eigenvalue weighted by molar-refractivity contribution is 0.0474. The van der Waals surface area contributed by atoms with Gasteiger partial charge in [0.25, 0.3) is 0 Å². The predicted molar refractivity (Wildman–Crippen MR) is 92.7 cm³/mol. The van der Waals surface area contributed by atoms with Crippen molar-refractivity contribution in [1.29, 1.82) is 0 Å². The Morgan fingerprint density at radius 1 is 1.08 bits per heavy atom. The van der Waals surface area contributed by atoms with Crippen LogP contribution in [0.2, 0.25) is 0 Å². The number of rotatable bonds is 5. The second kappa shape index (κ2) is 6.27. The number of aromatic nitrogens is 1. The van der Waals surface area contributed by atoms with Gasteiger partial charge in [-0.15, -0.1) is 0 Å². The Balaban J connectivity index is 1.68. The minimum Gasteiger partial charge on any atom is -0.454 e. The number of carbonyl (C=O) groups excluding carboxylic acids is 2. The highest BCUT2D eigenvalue weighted by Crippen LogP contribution is 2.38. The van der Waals surface area contributed by atoms with Crippen molar-refractivity contribution in [2.75, 3.05) is 6.61 Å². The number of nitrogens with zero attached hydrogens (tertiary/aromatic N) is 1. The third-order valence-corrected chi connectivity index (χ3v) is 4.77. The molecule has 2 aromatic rings. The fraction of sp³-hybridized carbons (Fsp3) is 0.400. The van der Waals surface area contributed by atoms with E-state index in [4.69, 9.17) is 4.74 Å². The summed E-state index contributed by atoms with van der Waals surface area (Å²) >= 11 is 0. The maximum absolute atomic E-state index is 12.4. The van der Waals surface area contributed by atoms with E-state index >= 15 is 0 Å². The number of carbonyl (C=O) groups is 2. The van der Waals surface area contributed by atoms with E-state index in [0.717, 1.165) is 22.5 Å². The van der Waals surface area contributed by atoms with E-state index in [0.29, 0.717) is 17.2 Å². The van der Waals surface area contributed by atoms with Crippen LogP contribution in [-0.2, 0) is 4.74 Å². The molecule has 1 fully saturated rings. The SMILES string of the molecule is Cc1ccc(C(=O)OCC(=O)c2cc(C)n(C3CC3)c2C)cc1C. The summed E-state index contributed by atoms with van der Waals surface area (Å²) in [6, 6.07) is 7.84. The first-order chi connectivity index (χ1) is 11.4. The van der Waals surface area contributed by atoms with Gasteiger partial charge >= 0.3 is 5.97 Å². The summed E-state index contributed by atoms with van der Waals surface area (Å²) in [6.07, 6.45) is 2.34.